The smallest absolute Gasteiger partial charge is 0.316 e. The Morgan fingerprint density at radius 3 is 2.69 bits per heavy atom. The van der Waals surface area contributed by atoms with Crippen LogP contribution in [0.5, 0.6) is 0 Å². The van der Waals surface area contributed by atoms with Crippen LogP contribution in [0.15, 0.2) is 27.8 Å². The fraction of sp³-hybridized carbons (Fsp3) is 0.455. The minimum Gasteiger partial charge on any atom is -0.459 e. The van der Waals surface area contributed by atoms with E-state index in [-0.39, 0.29) is 11.7 Å². The quantitative estimate of drug-likeness (QED) is 0.634. The molecule has 0 atom stereocenters. The molecule has 0 N–H and O–H groups in total. The summed E-state index contributed by atoms with van der Waals surface area (Å²) in [6, 6.07) is 3.75. The Balaban J connectivity index is 2.40. The third kappa shape index (κ3) is 5.51. The van der Waals surface area contributed by atoms with Crippen LogP contribution in [0.4, 0.5) is 0 Å². The van der Waals surface area contributed by atoms with Gasteiger partial charge in [0.15, 0.2) is 0 Å². The number of hydrogen-bond acceptors (Lipinski definition) is 4. The molecule has 0 aliphatic rings. The summed E-state index contributed by atoms with van der Waals surface area (Å²) in [5.41, 5.74) is -0.426. The first kappa shape index (κ1) is 13.5. The van der Waals surface area contributed by atoms with Crippen molar-refractivity contribution in [3.8, 4) is 0 Å². The van der Waals surface area contributed by atoms with Crippen LogP contribution in [0, 0.1) is 0 Å². The van der Waals surface area contributed by atoms with E-state index in [0.29, 0.717) is 0 Å². The normalized spacial score (nSPS) is 11.2. The molecule has 0 aromatic carbocycles. The van der Waals surface area contributed by atoms with Gasteiger partial charge in [-0.2, -0.15) is 0 Å². The Labute approximate surface area is 108 Å². The predicted octanol–water partition coefficient (Wildman–Crippen LogP) is 3.28. The van der Waals surface area contributed by atoms with E-state index in [2.05, 4.69) is 20.9 Å². The summed E-state index contributed by atoms with van der Waals surface area (Å²) in [7, 11) is 0. The van der Waals surface area contributed by atoms with E-state index in [4.69, 9.17) is 4.74 Å². The van der Waals surface area contributed by atoms with Crippen molar-refractivity contribution in [3.05, 3.63) is 22.8 Å². The van der Waals surface area contributed by atoms with Crippen molar-refractivity contribution < 1.29 is 9.53 Å². The Morgan fingerprint density at radius 1 is 1.50 bits per heavy atom. The molecular formula is C11H14BrNO2S. The highest BCUT2D eigenvalue weighted by Crippen LogP contribution is 2.18. The molecule has 0 saturated carbocycles. The molecule has 0 amide bonds. The Hall–Kier alpha value is -0.550. The molecule has 88 valence electrons. The molecule has 1 aromatic heterocycles. The largest absolute Gasteiger partial charge is 0.459 e. The van der Waals surface area contributed by atoms with Crippen LogP contribution in [0.3, 0.4) is 0 Å². The number of ether oxygens (including phenoxy) is 1. The zero-order valence-electron chi connectivity index (χ0n) is 9.49. The Kier molecular flexibility index (Phi) is 4.80. The minimum atomic E-state index is -0.426. The highest BCUT2D eigenvalue weighted by molar-refractivity contribution is 9.10. The number of aromatic nitrogens is 1. The number of carbonyl (C=O) groups excluding carboxylic acids is 1. The van der Waals surface area contributed by atoms with Gasteiger partial charge in [-0.05, 0) is 48.8 Å². The van der Waals surface area contributed by atoms with Crippen LogP contribution in [0.25, 0.3) is 0 Å². The summed E-state index contributed by atoms with van der Waals surface area (Å²) in [4.78, 5) is 15.6. The van der Waals surface area contributed by atoms with Gasteiger partial charge in [0.25, 0.3) is 0 Å². The summed E-state index contributed by atoms with van der Waals surface area (Å²) in [6.45, 7) is 5.56. The highest BCUT2D eigenvalue weighted by atomic mass is 79.9. The van der Waals surface area contributed by atoms with Crippen LogP contribution in [-0.4, -0.2) is 22.3 Å². The Bertz CT molecular complexity index is 359. The number of thioether (sulfide) groups is 1. The summed E-state index contributed by atoms with van der Waals surface area (Å²) in [6.07, 6.45) is 1.71. The maximum absolute atomic E-state index is 11.4. The minimum absolute atomic E-state index is 0.220. The van der Waals surface area contributed by atoms with Crippen molar-refractivity contribution in [1.29, 1.82) is 0 Å². The molecule has 1 aromatic rings. The van der Waals surface area contributed by atoms with Gasteiger partial charge in [0.1, 0.15) is 5.60 Å². The maximum Gasteiger partial charge on any atom is 0.316 e. The standard InChI is InChI=1S/C11H14BrNO2S/c1-11(2,3)15-10(14)7-16-9-5-4-8(12)6-13-9/h4-6H,7H2,1-3H3. The lowest BCUT2D eigenvalue weighted by Gasteiger charge is -2.19. The van der Waals surface area contributed by atoms with Crippen molar-refractivity contribution in [2.45, 2.75) is 31.4 Å². The summed E-state index contributed by atoms with van der Waals surface area (Å²) < 4.78 is 6.11. The van der Waals surface area contributed by atoms with Crippen LogP contribution < -0.4 is 0 Å². The Morgan fingerprint density at radius 2 is 2.19 bits per heavy atom. The van der Waals surface area contributed by atoms with Gasteiger partial charge in [0.05, 0.1) is 10.8 Å². The second kappa shape index (κ2) is 5.68. The third-order valence-corrected chi connectivity index (χ3v) is 2.84. The molecule has 5 heteroatoms. The molecule has 1 rings (SSSR count). The van der Waals surface area contributed by atoms with Gasteiger partial charge >= 0.3 is 5.97 Å². The van der Waals surface area contributed by atoms with E-state index in [1.807, 2.05) is 32.9 Å². The van der Waals surface area contributed by atoms with Crippen LogP contribution >= 0.6 is 27.7 Å². The van der Waals surface area contributed by atoms with E-state index in [1.54, 1.807) is 6.20 Å². The lowest BCUT2D eigenvalue weighted by molar-refractivity contribution is -0.151. The molecule has 0 unspecified atom stereocenters. The maximum atomic E-state index is 11.4. The number of pyridine rings is 1. The summed E-state index contributed by atoms with van der Waals surface area (Å²) in [5, 5.41) is 0.814. The molecular weight excluding hydrogens is 290 g/mol. The second-order valence-electron chi connectivity index (χ2n) is 4.19. The van der Waals surface area contributed by atoms with Gasteiger partial charge < -0.3 is 4.74 Å². The first-order valence-electron chi connectivity index (χ1n) is 4.83. The van der Waals surface area contributed by atoms with Crippen molar-refractivity contribution in [2.75, 3.05) is 5.75 Å². The lowest BCUT2D eigenvalue weighted by Crippen LogP contribution is -2.24. The monoisotopic (exact) mass is 303 g/mol. The van der Waals surface area contributed by atoms with Crippen molar-refractivity contribution in [1.82, 2.24) is 4.98 Å². The van der Waals surface area contributed by atoms with Crippen LogP contribution in [0.1, 0.15) is 20.8 Å². The van der Waals surface area contributed by atoms with E-state index in [0.717, 1.165) is 9.50 Å². The zero-order chi connectivity index (χ0) is 12.2. The summed E-state index contributed by atoms with van der Waals surface area (Å²) >= 11 is 4.67. The fourth-order valence-electron chi connectivity index (χ4n) is 0.951. The van der Waals surface area contributed by atoms with Crippen molar-refractivity contribution in [3.63, 3.8) is 0 Å². The molecule has 0 spiro atoms. The van der Waals surface area contributed by atoms with Gasteiger partial charge in [-0.15, -0.1) is 0 Å². The molecule has 0 saturated heterocycles. The van der Waals surface area contributed by atoms with E-state index in [9.17, 15) is 4.79 Å². The lowest BCUT2D eigenvalue weighted by atomic mass is 10.2. The highest BCUT2D eigenvalue weighted by Gasteiger charge is 2.16. The predicted molar refractivity (Wildman–Crippen MR) is 68.5 cm³/mol. The average Bonchev–Trinajstić information content (AvgIpc) is 2.14. The number of rotatable bonds is 3. The molecule has 0 fully saturated rings. The second-order valence-corrected chi connectivity index (χ2v) is 6.10. The fourth-order valence-corrected chi connectivity index (χ4v) is 1.80. The van der Waals surface area contributed by atoms with E-state index >= 15 is 0 Å². The number of nitrogens with zero attached hydrogens (tertiary/aromatic N) is 1. The topological polar surface area (TPSA) is 39.2 Å². The number of esters is 1. The van der Waals surface area contributed by atoms with Gasteiger partial charge in [-0.3, -0.25) is 4.79 Å². The number of halogens is 1. The van der Waals surface area contributed by atoms with Crippen LogP contribution in [0.2, 0.25) is 0 Å². The molecule has 16 heavy (non-hydrogen) atoms. The van der Waals surface area contributed by atoms with Crippen molar-refractivity contribution >= 4 is 33.7 Å². The number of carbonyl (C=O) groups is 1. The SMILES string of the molecule is CC(C)(C)OC(=O)CSc1ccc(Br)cn1. The molecule has 3 nitrogen and oxygen atoms in total. The molecule has 0 aliphatic carbocycles. The van der Waals surface area contributed by atoms with Gasteiger partial charge in [0.2, 0.25) is 0 Å². The zero-order valence-corrected chi connectivity index (χ0v) is 11.9. The first-order chi connectivity index (χ1) is 7.37. The van der Waals surface area contributed by atoms with Crippen molar-refractivity contribution in [2.24, 2.45) is 0 Å². The third-order valence-electron chi connectivity index (χ3n) is 1.46. The molecule has 1 heterocycles. The van der Waals surface area contributed by atoms with Gasteiger partial charge in [0, 0.05) is 10.7 Å². The van der Waals surface area contributed by atoms with Gasteiger partial charge in [-0.25, -0.2) is 4.98 Å². The van der Waals surface area contributed by atoms with Gasteiger partial charge in [-0.1, -0.05) is 11.8 Å². The van der Waals surface area contributed by atoms with Crippen LogP contribution in [-0.2, 0) is 9.53 Å². The first-order valence-corrected chi connectivity index (χ1v) is 6.61. The molecule has 0 radical (unpaired) electrons. The molecule has 0 bridgehead atoms. The van der Waals surface area contributed by atoms with E-state index in [1.165, 1.54) is 11.8 Å². The van der Waals surface area contributed by atoms with E-state index < -0.39 is 5.60 Å². The average molecular weight is 304 g/mol. The number of hydrogen-bond donors (Lipinski definition) is 0. The summed E-state index contributed by atoms with van der Waals surface area (Å²) in [5.74, 6) is 0.0635. The molecule has 0 aliphatic heterocycles.